The zero-order chi connectivity index (χ0) is 25.9. The molecule has 196 valence electrons. The number of rotatable bonds is 9. The molecular formula is C30H30ClN3O4. The van der Waals surface area contributed by atoms with Crippen LogP contribution in [0.3, 0.4) is 0 Å². The highest BCUT2D eigenvalue weighted by molar-refractivity contribution is 6.30. The third kappa shape index (κ3) is 5.01. The fourth-order valence-corrected chi connectivity index (χ4v) is 4.49. The van der Waals surface area contributed by atoms with E-state index in [0.717, 1.165) is 51.1 Å². The molecule has 4 aromatic rings. The molecule has 8 heteroatoms. The van der Waals surface area contributed by atoms with Crippen molar-refractivity contribution in [1.82, 2.24) is 9.88 Å². The van der Waals surface area contributed by atoms with E-state index in [1.165, 1.54) is 0 Å². The summed E-state index contributed by atoms with van der Waals surface area (Å²) in [5.74, 6) is 4.72. The highest BCUT2D eigenvalue weighted by Crippen LogP contribution is 2.46. The van der Waals surface area contributed by atoms with Gasteiger partial charge in [-0.25, -0.2) is 0 Å². The molecule has 0 saturated carbocycles. The average Bonchev–Trinajstić information content (AvgIpc) is 3.43. The van der Waals surface area contributed by atoms with E-state index in [0.29, 0.717) is 23.8 Å². The van der Waals surface area contributed by atoms with E-state index in [1.54, 1.807) is 14.2 Å². The number of halogens is 1. The molecule has 1 aliphatic carbocycles. The van der Waals surface area contributed by atoms with Crippen LogP contribution in [-0.2, 0) is 4.84 Å². The molecule has 1 atom stereocenters. The van der Waals surface area contributed by atoms with Crippen molar-refractivity contribution >= 4 is 29.0 Å². The second kappa shape index (κ2) is 11.5. The number of aromatic amines is 1. The molecule has 1 heterocycles. The molecule has 0 saturated heterocycles. The van der Waals surface area contributed by atoms with Crippen LogP contribution in [0.1, 0.15) is 22.8 Å². The third-order valence-electron chi connectivity index (χ3n) is 6.37. The van der Waals surface area contributed by atoms with E-state index in [2.05, 4.69) is 21.0 Å². The van der Waals surface area contributed by atoms with Gasteiger partial charge in [0.2, 0.25) is 6.10 Å². The number of fused-ring (bicyclic) bond motifs is 5. The lowest BCUT2D eigenvalue weighted by Gasteiger charge is -2.13. The van der Waals surface area contributed by atoms with Gasteiger partial charge in [0.15, 0.2) is 11.5 Å². The molecule has 0 radical (unpaired) electrons. The highest BCUT2D eigenvalue weighted by Gasteiger charge is 2.32. The highest BCUT2D eigenvalue weighted by atomic mass is 35.5. The summed E-state index contributed by atoms with van der Waals surface area (Å²) in [5, 5.41) is 5.61. The Morgan fingerprint density at radius 1 is 0.974 bits per heavy atom. The molecule has 0 spiro atoms. The topological polar surface area (TPSA) is 68.3 Å². The van der Waals surface area contributed by atoms with Gasteiger partial charge in [0.05, 0.1) is 19.9 Å². The molecule has 1 aliphatic rings. The summed E-state index contributed by atoms with van der Waals surface area (Å²) in [4.78, 5) is 11.6. The van der Waals surface area contributed by atoms with Gasteiger partial charge in [-0.15, -0.1) is 18.8 Å². The molecule has 7 nitrogen and oxygen atoms in total. The Kier molecular flexibility index (Phi) is 8.16. The number of H-pyrrole nitrogens is 1. The molecule has 0 bridgehead atoms. The van der Waals surface area contributed by atoms with Crippen LogP contribution < -0.4 is 14.2 Å². The molecule has 0 aliphatic heterocycles. The minimum atomic E-state index is -0.628. The number of likely N-dealkylation sites (N-methyl/N-ethyl adjacent to an activating group) is 1. The standard InChI is InChI=1S/C30H29N3O4.ClH/c1-6-25(19-10-8-7-9-11-19)37-32-30-22-18-27(35-5)26(34-4)17-21(22)29-28(30)23-16-20(12-13-24(23)31-29)36-15-14-33(2)3;/h1,7-13,16-18,25,31H,14-15H2,2-5H3;1H/b32-30-;/t25-;/m0./s1. The number of benzene rings is 3. The molecule has 0 unspecified atom stereocenters. The van der Waals surface area contributed by atoms with Gasteiger partial charge in [-0.1, -0.05) is 41.4 Å². The maximum Gasteiger partial charge on any atom is 0.212 e. The van der Waals surface area contributed by atoms with Gasteiger partial charge < -0.3 is 28.9 Å². The summed E-state index contributed by atoms with van der Waals surface area (Å²) >= 11 is 0. The first-order valence-electron chi connectivity index (χ1n) is 12.0. The summed E-state index contributed by atoms with van der Waals surface area (Å²) in [5.41, 5.74) is 6.14. The molecule has 38 heavy (non-hydrogen) atoms. The minimum Gasteiger partial charge on any atom is -0.493 e. The van der Waals surface area contributed by atoms with Gasteiger partial charge in [0, 0.05) is 39.7 Å². The normalized spacial score (nSPS) is 13.4. The van der Waals surface area contributed by atoms with E-state index in [4.69, 9.17) is 25.5 Å². The van der Waals surface area contributed by atoms with E-state index in [1.807, 2.05) is 74.8 Å². The van der Waals surface area contributed by atoms with Crippen LogP contribution in [-0.4, -0.2) is 57.1 Å². The zero-order valence-electron chi connectivity index (χ0n) is 21.8. The van der Waals surface area contributed by atoms with E-state index < -0.39 is 6.10 Å². The predicted octanol–water partition coefficient (Wildman–Crippen LogP) is 5.67. The van der Waals surface area contributed by atoms with E-state index >= 15 is 0 Å². The largest absolute Gasteiger partial charge is 0.493 e. The Morgan fingerprint density at radius 3 is 2.34 bits per heavy atom. The van der Waals surface area contributed by atoms with Crippen molar-refractivity contribution in [1.29, 1.82) is 0 Å². The molecule has 1 N–H and O–H groups in total. The first-order chi connectivity index (χ1) is 18.0. The van der Waals surface area contributed by atoms with Gasteiger partial charge in [0.1, 0.15) is 18.1 Å². The van der Waals surface area contributed by atoms with Crippen LogP contribution in [0.4, 0.5) is 0 Å². The number of ether oxygens (including phenoxy) is 3. The monoisotopic (exact) mass is 531 g/mol. The third-order valence-corrected chi connectivity index (χ3v) is 6.37. The van der Waals surface area contributed by atoms with Crippen LogP contribution >= 0.6 is 12.4 Å². The van der Waals surface area contributed by atoms with Crippen molar-refractivity contribution in [2.45, 2.75) is 6.10 Å². The lowest BCUT2D eigenvalue weighted by atomic mass is 10.1. The van der Waals surface area contributed by atoms with Gasteiger partial charge >= 0.3 is 0 Å². The van der Waals surface area contributed by atoms with E-state index in [-0.39, 0.29) is 12.4 Å². The second-order valence-corrected chi connectivity index (χ2v) is 8.99. The Hall–Kier alpha value is -4.12. The number of nitrogens with one attached hydrogen (secondary N) is 1. The Labute approximate surface area is 228 Å². The molecule has 3 aromatic carbocycles. The average molecular weight is 532 g/mol. The van der Waals surface area contributed by atoms with Crippen LogP contribution in [0.2, 0.25) is 0 Å². The summed E-state index contributed by atoms with van der Waals surface area (Å²) < 4.78 is 17.2. The summed E-state index contributed by atoms with van der Waals surface area (Å²) in [6.45, 7) is 1.41. The number of methoxy groups -OCH3 is 2. The second-order valence-electron chi connectivity index (χ2n) is 8.99. The zero-order valence-corrected chi connectivity index (χ0v) is 22.6. The Bertz CT molecular complexity index is 1510. The lowest BCUT2D eigenvalue weighted by molar-refractivity contribution is 0.100. The summed E-state index contributed by atoms with van der Waals surface area (Å²) in [6.07, 6.45) is 5.19. The van der Waals surface area contributed by atoms with Gasteiger partial charge in [0.25, 0.3) is 0 Å². The number of terminal acetylenes is 1. The lowest BCUT2D eigenvalue weighted by Crippen LogP contribution is -2.19. The summed E-state index contributed by atoms with van der Waals surface area (Å²) in [7, 11) is 7.28. The van der Waals surface area contributed by atoms with Gasteiger partial charge in [-0.2, -0.15) is 0 Å². The quantitative estimate of drug-likeness (QED) is 0.196. The predicted molar refractivity (Wildman–Crippen MR) is 153 cm³/mol. The van der Waals surface area contributed by atoms with Crippen molar-refractivity contribution in [3.05, 3.63) is 77.4 Å². The molecule has 0 fully saturated rings. The van der Waals surface area contributed by atoms with Crippen LogP contribution in [0.5, 0.6) is 17.2 Å². The number of hydrogen-bond donors (Lipinski definition) is 1. The van der Waals surface area contributed by atoms with Gasteiger partial charge in [-0.3, -0.25) is 0 Å². The SMILES string of the molecule is C#C[C@H](O/N=C1/c2cc(OC)c(OC)cc2-c2[nH]c3ccc(OCCN(C)C)cc3c21)c1ccccc1.Cl. The molecule has 5 rings (SSSR count). The van der Waals surface area contributed by atoms with Crippen molar-refractivity contribution in [3.8, 4) is 40.8 Å². The van der Waals surface area contributed by atoms with Crippen LogP contribution in [0, 0.1) is 12.3 Å². The molecule has 0 amide bonds. The fourth-order valence-electron chi connectivity index (χ4n) is 4.49. The van der Waals surface area contributed by atoms with Crippen molar-refractivity contribution < 1.29 is 19.0 Å². The Balaban J connectivity index is 0.00000336. The minimum absolute atomic E-state index is 0. The first-order valence-corrected chi connectivity index (χ1v) is 12.0. The fraction of sp³-hybridized carbons (Fsp3) is 0.233. The number of nitrogens with zero attached hydrogens (tertiary/aromatic N) is 2. The maximum absolute atomic E-state index is 6.02. The van der Waals surface area contributed by atoms with Crippen LogP contribution in [0.15, 0.2) is 65.8 Å². The van der Waals surface area contributed by atoms with Crippen molar-refractivity contribution in [3.63, 3.8) is 0 Å². The number of aromatic nitrogens is 1. The van der Waals surface area contributed by atoms with Gasteiger partial charge in [-0.05, 0) is 44.4 Å². The van der Waals surface area contributed by atoms with Crippen LogP contribution in [0.25, 0.3) is 22.2 Å². The van der Waals surface area contributed by atoms with Crippen molar-refractivity contribution in [2.75, 3.05) is 41.5 Å². The first kappa shape index (κ1) is 26.9. The summed E-state index contributed by atoms with van der Waals surface area (Å²) in [6, 6.07) is 19.5. The number of oxime groups is 1. The molecule has 1 aromatic heterocycles. The van der Waals surface area contributed by atoms with Crippen molar-refractivity contribution in [2.24, 2.45) is 5.16 Å². The maximum atomic E-state index is 6.02. The molecular weight excluding hydrogens is 502 g/mol. The smallest absolute Gasteiger partial charge is 0.212 e. The van der Waals surface area contributed by atoms with E-state index in [9.17, 15) is 0 Å². The Morgan fingerprint density at radius 2 is 1.68 bits per heavy atom. The number of hydrogen-bond acceptors (Lipinski definition) is 6.